The summed E-state index contributed by atoms with van der Waals surface area (Å²) in [6.45, 7) is 0. The van der Waals surface area contributed by atoms with Crippen LogP contribution < -0.4 is 20.7 Å². The van der Waals surface area contributed by atoms with Gasteiger partial charge in [-0.05, 0) is 12.1 Å². The molecule has 0 atom stereocenters. The first kappa shape index (κ1) is 11.9. The molecular formula is C8H13ClN2O2. The second kappa shape index (κ2) is 5.50. The fourth-order valence-electron chi connectivity index (χ4n) is 0.918. The van der Waals surface area contributed by atoms with Crippen LogP contribution in [0.3, 0.4) is 0 Å². The molecule has 1 aromatic rings. The fraction of sp³-hybridized carbons (Fsp3) is 0.250. The summed E-state index contributed by atoms with van der Waals surface area (Å²) < 4.78 is 10.1. The van der Waals surface area contributed by atoms with E-state index < -0.39 is 0 Å². The van der Waals surface area contributed by atoms with Gasteiger partial charge in [-0.3, -0.25) is 5.84 Å². The summed E-state index contributed by atoms with van der Waals surface area (Å²) in [6.07, 6.45) is 0. The van der Waals surface area contributed by atoms with Crippen LogP contribution in [0.1, 0.15) is 0 Å². The summed E-state index contributed by atoms with van der Waals surface area (Å²) in [5.74, 6) is 6.65. The Balaban J connectivity index is 0.00000144. The topological polar surface area (TPSA) is 56.5 Å². The number of nitrogen functional groups attached to an aromatic ring is 1. The fourth-order valence-corrected chi connectivity index (χ4v) is 0.918. The third-order valence-electron chi connectivity index (χ3n) is 1.56. The molecule has 1 rings (SSSR count). The van der Waals surface area contributed by atoms with Gasteiger partial charge in [-0.15, -0.1) is 12.4 Å². The molecule has 0 amide bonds. The summed E-state index contributed by atoms with van der Waals surface area (Å²) >= 11 is 0. The number of rotatable bonds is 3. The van der Waals surface area contributed by atoms with Gasteiger partial charge in [0, 0.05) is 6.07 Å². The van der Waals surface area contributed by atoms with Crippen molar-refractivity contribution < 1.29 is 9.47 Å². The maximum atomic E-state index is 5.25. The van der Waals surface area contributed by atoms with Gasteiger partial charge in [0.15, 0.2) is 0 Å². The molecular weight excluding hydrogens is 192 g/mol. The maximum absolute atomic E-state index is 5.25. The van der Waals surface area contributed by atoms with Crippen LogP contribution in [-0.2, 0) is 0 Å². The lowest BCUT2D eigenvalue weighted by Gasteiger charge is -2.08. The van der Waals surface area contributed by atoms with E-state index in [1.165, 1.54) is 0 Å². The van der Waals surface area contributed by atoms with Crippen LogP contribution in [0, 0.1) is 0 Å². The molecule has 5 heteroatoms. The first-order valence-corrected chi connectivity index (χ1v) is 3.50. The molecule has 0 aliphatic rings. The number of benzene rings is 1. The summed E-state index contributed by atoms with van der Waals surface area (Å²) in [7, 11) is 3.18. The van der Waals surface area contributed by atoms with Crippen LogP contribution in [0.4, 0.5) is 5.69 Å². The van der Waals surface area contributed by atoms with Gasteiger partial charge < -0.3 is 14.9 Å². The molecule has 0 radical (unpaired) electrons. The van der Waals surface area contributed by atoms with E-state index >= 15 is 0 Å². The highest BCUT2D eigenvalue weighted by molar-refractivity contribution is 5.85. The zero-order chi connectivity index (χ0) is 8.97. The predicted octanol–water partition coefficient (Wildman–Crippen LogP) is 1.41. The standard InChI is InChI=1S/C8H12N2O2.ClH/c1-11-6-3-4-7(10-9)8(5-6)12-2;/h3-5,10H,9H2,1-2H3;1H. The Morgan fingerprint density at radius 2 is 1.92 bits per heavy atom. The number of methoxy groups -OCH3 is 2. The van der Waals surface area contributed by atoms with Gasteiger partial charge in [0.1, 0.15) is 11.5 Å². The van der Waals surface area contributed by atoms with Crippen LogP contribution in [0.15, 0.2) is 18.2 Å². The average Bonchev–Trinajstić information content (AvgIpc) is 2.16. The van der Waals surface area contributed by atoms with E-state index in [2.05, 4.69) is 5.43 Å². The first-order valence-electron chi connectivity index (χ1n) is 3.50. The number of anilines is 1. The second-order valence-electron chi connectivity index (χ2n) is 2.21. The Bertz CT molecular complexity index is 268. The smallest absolute Gasteiger partial charge is 0.146 e. The van der Waals surface area contributed by atoms with E-state index in [0.29, 0.717) is 5.75 Å². The number of hydrazine groups is 1. The molecule has 0 saturated heterocycles. The third kappa shape index (κ3) is 2.68. The van der Waals surface area contributed by atoms with Crippen molar-refractivity contribution in [1.82, 2.24) is 0 Å². The average molecular weight is 205 g/mol. The lowest BCUT2D eigenvalue weighted by atomic mass is 10.3. The molecule has 0 aromatic heterocycles. The van der Waals surface area contributed by atoms with E-state index in [1.807, 2.05) is 0 Å². The van der Waals surface area contributed by atoms with Gasteiger partial charge in [0.25, 0.3) is 0 Å². The van der Waals surface area contributed by atoms with Crippen LogP contribution in [0.2, 0.25) is 0 Å². The molecule has 0 unspecified atom stereocenters. The summed E-state index contributed by atoms with van der Waals surface area (Å²) in [5.41, 5.74) is 3.25. The SMILES string of the molecule is COc1ccc(NN)c(OC)c1.Cl. The number of hydrogen-bond donors (Lipinski definition) is 2. The molecule has 0 bridgehead atoms. The highest BCUT2D eigenvalue weighted by Crippen LogP contribution is 2.27. The Labute approximate surface area is 83.4 Å². The lowest BCUT2D eigenvalue weighted by Crippen LogP contribution is -2.07. The molecule has 0 heterocycles. The van der Waals surface area contributed by atoms with Crippen LogP contribution >= 0.6 is 12.4 Å². The highest BCUT2D eigenvalue weighted by Gasteiger charge is 2.01. The monoisotopic (exact) mass is 204 g/mol. The Morgan fingerprint density at radius 1 is 1.23 bits per heavy atom. The first-order chi connectivity index (χ1) is 5.81. The van der Waals surface area contributed by atoms with E-state index in [-0.39, 0.29) is 12.4 Å². The molecule has 13 heavy (non-hydrogen) atoms. The molecule has 0 spiro atoms. The minimum Gasteiger partial charge on any atom is -0.497 e. The van der Waals surface area contributed by atoms with Crippen molar-refractivity contribution in [2.75, 3.05) is 19.6 Å². The van der Waals surface area contributed by atoms with Crippen molar-refractivity contribution in [2.45, 2.75) is 0 Å². The minimum atomic E-state index is 0. The predicted molar refractivity (Wildman–Crippen MR) is 54.6 cm³/mol. The molecule has 3 N–H and O–H groups in total. The Hall–Kier alpha value is -1.13. The van der Waals surface area contributed by atoms with Crippen LogP contribution in [-0.4, -0.2) is 14.2 Å². The van der Waals surface area contributed by atoms with Gasteiger partial charge in [0.05, 0.1) is 19.9 Å². The van der Waals surface area contributed by atoms with Gasteiger partial charge in [-0.2, -0.15) is 0 Å². The summed E-state index contributed by atoms with van der Waals surface area (Å²) in [4.78, 5) is 0. The minimum absolute atomic E-state index is 0. The Kier molecular flexibility index (Phi) is 5.03. The number of hydrogen-bond acceptors (Lipinski definition) is 4. The molecule has 0 aliphatic carbocycles. The number of ether oxygens (including phenoxy) is 2. The van der Waals surface area contributed by atoms with E-state index in [0.717, 1.165) is 11.4 Å². The van der Waals surface area contributed by atoms with Gasteiger partial charge in [0.2, 0.25) is 0 Å². The van der Waals surface area contributed by atoms with Gasteiger partial charge >= 0.3 is 0 Å². The van der Waals surface area contributed by atoms with Crippen molar-refractivity contribution in [3.63, 3.8) is 0 Å². The normalized spacial score (nSPS) is 8.54. The van der Waals surface area contributed by atoms with E-state index in [1.54, 1.807) is 32.4 Å². The van der Waals surface area contributed by atoms with Crippen molar-refractivity contribution in [2.24, 2.45) is 5.84 Å². The largest absolute Gasteiger partial charge is 0.497 e. The van der Waals surface area contributed by atoms with Crippen LogP contribution in [0.25, 0.3) is 0 Å². The molecule has 4 nitrogen and oxygen atoms in total. The molecule has 1 aromatic carbocycles. The second-order valence-corrected chi connectivity index (χ2v) is 2.21. The van der Waals surface area contributed by atoms with Crippen molar-refractivity contribution in [3.05, 3.63) is 18.2 Å². The summed E-state index contributed by atoms with van der Waals surface area (Å²) in [6, 6.07) is 5.35. The van der Waals surface area contributed by atoms with Crippen molar-refractivity contribution in [1.29, 1.82) is 0 Å². The maximum Gasteiger partial charge on any atom is 0.146 e. The van der Waals surface area contributed by atoms with E-state index in [4.69, 9.17) is 15.3 Å². The molecule has 0 aliphatic heterocycles. The van der Waals surface area contributed by atoms with E-state index in [9.17, 15) is 0 Å². The lowest BCUT2D eigenvalue weighted by molar-refractivity contribution is 0.395. The molecule has 0 fully saturated rings. The van der Waals surface area contributed by atoms with Crippen LogP contribution in [0.5, 0.6) is 11.5 Å². The molecule has 0 saturated carbocycles. The van der Waals surface area contributed by atoms with Gasteiger partial charge in [-0.25, -0.2) is 0 Å². The highest BCUT2D eigenvalue weighted by atomic mass is 35.5. The number of nitrogens with one attached hydrogen (secondary N) is 1. The number of nitrogens with two attached hydrogens (primary N) is 1. The zero-order valence-corrected chi connectivity index (χ0v) is 8.35. The third-order valence-corrected chi connectivity index (χ3v) is 1.56. The van der Waals surface area contributed by atoms with Crippen molar-refractivity contribution >= 4 is 18.1 Å². The van der Waals surface area contributed by atoms with Gasteiger partial charge in [-0.1, -0.05) is 0 Å². The Morgan fingerprint density at radius 3 is 2.38 bits per heavy atom. The zero-order valence-electron chi connectivity index (χ0n) is 7.53. The number of halogens is 1. The van der Waals surface area contributed by atoms with Crippen molar-refractivity contribution in [3.8, 4) is 11.5 Å². The summed E-state index contributed by atoms with van der Waals surface area (Å²) in [5, 5.41) is 0. The molecule has 74 valence electrons. The quantitative estimate of drug-likeness (QED) is 0.578.